The Morgan fingerprint density at radius 2 is 1.79 bits per heavy atom. The van der Waals surface area contributed by atoms with Crippen molar-refractivity contribution in [3.05, 3.63) is 83.9 Å². The van der Waals surface area contributed by atoms with Gasteiger partial charge in [-0.05, 0) is 55.0 Å². The van der Waals surface area contributed by atoms with E-state index < -0.39 is 12.0 Å². The Kier molecular flexibility index (Phi) is 6.84. The van der Waals surface area contributed by atoms with Crippen molar-refractivity contribution in [1.29, 1.82) is 0 Å². The lowest BCUT2D eigenvalue weighted by Gasteiger charge is -2.41. The number of hydrogen-bond donors (Lipinski definition) is 1. The smallest absolute Gasteiger partial charge is 0.229 e. The molecule has 3 aromatic carbocycles. The lowest BCUT2D eigenvalue weighted by Crippen LogP contribution is -2.47. The van der Waals surface area contributed by atoms with E-state index in [1.54, 1.807) is 55.5 Å². The standard InChI is InChI=1S/C28H26N2O4/c1-4-19-8-7-9-20(18-19)29-28(32)24-16-17-26(31)30(21-12-14-22(33-2)15-13-21)27(24)23-10-5-6-11-25(23)34-3/h1,5-15,18,24,27H,16-17H2,2-3H3,(H,29,32). The van der Waals surface area contributed by atoms with Gasteiger partial charge in [-0.15, -0.1) is 6.42 Å². The number of hydrogen-bond acceptors (Lipinski definition) is 4. The topological polar surface area (TPSA) is 67.9 Å². The molecule has 1 N–H and O–H groups in total. The normalized spacial score (nSPS) is 17.6. The van der Waals surface area contributed by atoms with Crippen LogP contribution in [0.5, 0.6) is 11.5 Å². The molecule has 1 saturated heterocycles. The van der Waals surface area contributed by atoms with E-state index in [-0.39, 0.29) is 18.2 Å². The van der Waals surface area contributed by atoms with Gasteiger partial charge in [0.1, 0.15) is 11.5 Å². The Bertz CT molecular complexity index is 1230. The first-order chi connectivity index (χ1) is 16.5. The van der Waals surface area contributed by atoms with Crippen molar-refractivity contribution in [3.63, 3.8) is 0 Å². The second kappa shape index (κ2) is 10.1. The van der Waals surface area contributed by atoms with E-state index in [0.29, 0.717) is 34.9 Å². The Balaban J connectivity index is 1.76. The molecular weight excluding hydrogens is 428 g/mol. The maximum atomic E-state index is 13.6. The summed E-state index contributed by atoms with van der Waals surface area (Å²) in [6.45, 7) is 0. The Morgan fingerprint density at radius 3 is 2.50 bits per heavy atom. The molecule has 172 valence electrons. The van der Waals surface area contributed by atoms with Crippen molar-refractivity contribution in [3.8, 4) is 23.8 Å². The van der Waals surface area contributed by atoms with Gasteiger partial charge in [-0.1, -0.05) is 30.2 Å². The van der Waals surface area contributed by atoms with E-state index in [0.717, 1.165) is 5.56 Å². The number of carbonyl (C=O) groups is 2. The van der Waals surface area contributed by atoms with Gasteiger partial charge in [0, 0.05) is 28.9 Å². The zero-order valence-electron chi connectivity index (χ0n) is 19.2. The van der Waals surface area contributed by atoms with Gasteiger partial charge >= 0.3 is 0 Å². The van der Waals surface area contributed by atoms with Crippen molar-refractivity contribution < 1.29 is 19.1 Å². The summed E-state index contributed by atoms with van der Waals surface area (Å²) < 4.78 is 10.9. The van der Waals surface area contributed by atoms with Gasteiger partial charge in [-0.3, -0.25) is 9.59 Å². The molecule has 34 heavy (non-hydrogen) atoms. The van der Waals surface area contributed by atoms with Crippen LogP contribution in [0.15, 0.2) is 72.8 Å². The number of nitrogens with one attached hydrogen (secondary N) is 1. The third-order valence-corrected chi connectivity index (χ3v) is 6.04. The monoisotopic (exact) mass is 454 g/mol. The van der Waals surface area contributed by atoms with Crippen LogP contribution in [0, 0.1) is 18.3 Å². The maximum Gasteiger partial charge on any atom is 0.229 e. The van der Waals surface area contributed by atoms with Crippen LogP contribution in [0.4, 0.5) is 11.4 Å². The van der Waals surface area contributed by atoms with Crippen molar-refractivity contribution in [1.82, 2.24) is 0 Å². The fourth-order valence-corrected chi connectivity index (χ4v) is 4.40. The number of methoxy groups -OCH3 is 2. The molecule has 2 unspecified atom stereocenters. The lowest BCUT2D eigenvalue weighted by atomic mass is 9.82. The highest BCUT2D eigenvalue weighted by molar-refractivity contribution is 6.00. The summed E-state index contributed by atoms with van der Waals surface area (Å²) in [5.74, 6) is 3.14. The maximum absolute atomic E-state index is 13.6. The first kappa shape index (κ1) is 22.9. The molecule has 6 nitrogen and oxygen atoms in total. The molecule has 1 aliphatic heterocycles. The predicted octanol–water partition coefficient (Wildman–Crippen LogP) is 4.81. The second-order valence-corrected chi connectivity index (χ2v) is 8.01. The van der Waals surface area contributed by atoms with Gasteiger partial charge in [0.2, 0.25) is 11.8 Å². The summed E-state index contributed by atoms with van der Waals surface area (Å²) in [6.07, 6.45) is 6.17. The molecule has 0 radical (unpaired) electrons. The van der Waals surface area contributed by atoms with E-state index in [9.17, 15) is 9.59 Å². The average molecular weight is 455 g/mol. The minimum absolute atomic E-state index is 0.0561. The number of amides is 2. The molecule has 0 aromatic heterocycles. The number of nitrogens with zero attached hydrogens (tertiary/aromatic N) is 1. The van der Waals surface area contributed by atoms with Crippen LogP contribution < -0.4 is 19.7 Å². The van der Waals surface area contributed by atoms with Gasteiger partial charge in [-0.2, -0.15) is 0 Å². The zero-order valence-corrected chi connectivity index (χ0v) is 19.2. The van der Waals surface area contributed by atoms with Crippen LogP contribution in [0.3, 0.4) is 0 Å². The van der Waals surface area contributed by atoms with E-state index in [4.69, 9.17) is 15.9 Å². The summed E-state index contributed by atoms with van der Waals surface area (Å²) >= 11 is 0. The number of benzene rings is 3. The van der Waals surface area contributed by atoms with Crippen LogP contribution in [-0.4, -0.2) is 26.0 Å². The number of piperidine rings is 1. The number of ether oxygens (including phenoxy) is 2. The van der Waals surface area contributed by atoms with E-state index in [1.807, 2.05) is 36.4 Å². The average Bonchev–Trinajstić information content (AvgIpc) is 2.88. The Labute approximate surface area is 199 Å². The highest BCUT2D eigenvalue weighted by Gasteiger charge is 2.42. The minimum atomic E-state index is -0.554. The first-order valence-electron chi connectivity index (χ1n) is 11.0. The highest BCUT2D eigenvalue weighted by Crippen LogP contribution is 2.43. The molecule has 0 saturated carbocycles. The highest BCUT2D eigenvalue weighted by atomic mass is 16.5. The molecule has 3 aromatic rings. The molecule has 4 rings (SSSR count). The van der Waals surface area contributed by atoms with E-state index in [1.165, 1.54) is 0 Å². The third kappa shape index (κ3) is 4.60. The molecular formula is C28H26N2O4. The number of terminal acetylenes is 1. The van der Waals surface area contributed by atoms with E-state index in [2.05, 4.69) is 11.2 Å². The van der Waals surface area contributed by atoms with Crippen molar-refractivity contribution in [2.45, 2.75) is 18.9 Å². The summed E-state index contributed by atoms with van der Waals surface area (Å²) in [5, 5.41) is 3.00. The van der Waals surface area contributed by atoms with Crippen LogP contribution in [0.1, 0.15) is 30.0 Å². The van der Waals surface area contributed by atoms with Crippen LogP contribution in [0.25, 0.3) is 0 Å². The summed E-state index contributed by atoms with van der Waals surface area (Å²) in [7, 11) is 3.18. The number of anilines is 2. The van der Waals surface area contributed by atoms with Crippen molar-refractivity contribution in [2.75, 3.05) is 24.4 Å². The van der Waals surface area contributed by atoms with Crippen LogP contribution in [-0.2, 0) is 9.59 Å². The predicted molar refractivity (Wildman–Crippen MR) is 132 cm³/mol. The second-order valence-electron chi connectivity index (χ2n) is 8.01. The largest absolute Gasteiger partial charge is 0.497 e. The Morgan fingerprint density at radius 1 is 1.03 bits per heavy atom. The number of rotatable bonds is 6. The molecule has 0 bridgehead atoms. The van der Waals surface area contributed by atoms with E-state index >= 15 is 0 Å². The lowest BCUT2D eigenvalue weighted by molar-refractivity contribution is -0.125. The number of carbonyl (C=O) groups excluding carboxylic acids is 2. The summed E-state index contributed by atoms with van der Waals surface area (Å²) in [4.78, 5) is 28.5. The molecule has 1 fully saturated rings. The van der Waals surface area contributed by atoms with Crippen LogP contribution in [0.2, 0.25) is 0 Å². The SMILES string of the molecule is C#Cc1cccc(NC(=O)C2CCC(=O)N(c3ccc(OC)cc3)C2c2ccccc2OC)c1. The molecule has 0 spiro atoms. The van der Waals surface area contributed by atoms with Crippen LogP contribution >= 0.6 is 0 Å². The van der Waals surface area contributed by atoms with Gasteiger partial charge in [0.25, 0.3) is 0 Å². The molecule has 1 aliphatic rings. The van der Waals surface area contributed by atoms with Crippen molar-refractivity contribution in [2.24, 2.45) is 5.92 Å². The molecule has 2 atom stereocenters. The Hall–Kier alpha value is -4.24. The van der Waals surface area contributed by atoms with Crippen molar-refractivity contribution >= 4 is 23.2 Å². The zero-order chi connectivity index (χ0) is 24.1. The summed E-state index contributed by atoms with van der Waals surface area (Å²) in [6, 6.07) is 21.4. The fourth-order valence-electron chi connectivity index (χ4n) is 4.40. The van der Waals surface area contributed by atoms with Gasteiger partial charge in [0.05, 0.1) is 26.2 Å². The third-order valence-electron chi connectivity index (χ3n) is 6.04. The molecule has 6 heteroatoms. The summed E-state index contributed by atoms with van der Waals surface area (Å²) in [5.41, 5.74) is 2.75. The van der Waals surface area contributed by atoms with Gasteiger partial charge in [0.15, 0.2) is 0 Å². The quantitative estimate of drug-likeness (QED) is 0.543. The molecule has 0 aliphatic carbocycles. The first-order valence-corrected chi connectivity index (χ1v) is 11.0. The molecule has 1 heterocycles. The fraction of sp³-hybridized carbons (Fsp3) is 0.214. The number of para-hydroxylation sites is 1. The molecule has 2 amide bonds. The minimum Gasteiger partial charge on any atom is -0.497 e. The van der Waals surface area contributed by atoms with Gasteiger partial charge in [-0.25, -0.2) is 0 Å². The van der Waals surface area contributed by atoms with Gasteiger partial charge < -0.3 is 19.7 Å².